The highest BCUT2D eigenvalue weighted by Crippen LogP contribution is 2.19. The molecule has 0 aliphatic heterocycles. The van der Waals surface area contributed by atoms with Crippen molar-refractivity contribution in [3.05, 3.63) is 18.6 Å². The van der Waals surface area contributed by atoms with Gasteiger partial charge in [-0.05, 0) is 0 Å². The van der Waals surface area contributed by atoms with E-state index in [4.69, 9.17) is 10.5 Å². The Bertz CT molecular complexity index is 425. The molecular formula is C8H9N5O. The van der Waals surface area contributed by atoms with E-state index in [9.17, 15) is 0 Å². The number of ether oxygens (including phenoxy) is 1. The number of nitrogen functional groups attached to an aromatic ring is 1. The lowest BCUT2D eigenvalue weighted by molar-refractivity contribution is 0.413. The van der Waals surface area contributed by atoms with E-state index in [1.807, 2.05) is 0 Å². The molecule has 2 aromatic heterocycles. The molecule has 0 aliphatic carbocycles. The number of nitrogens with two attached hydrogens (primary N) is 1. The molecule has 0 aromatic carbocycles. The Balaban J connectivity index is 2.43. The van der Waals surface area contributed by atoms with Crippen LogP contribution in [0.1, 0.15) is 0 Å². The van der Waals surface area contributed by atoms with Gasteiger partial charge in [-0.1, -0.05) is 0 Å². The predicted molar refractivity (Wildman–Crippen MR) is 50.6 cm³/mol. The first kappa shape index (κ1) is 8.49. The van der Waals surface area contributed by atoms with E-state index in [1.165, 1.54) is 13.3 Å². The first-order valence-electron chi connectivity index (χ1n) is 3.97. The van der Waals surface area contributed by atoms with Gasteiger partial charge in [-0.2, -0.15) is 0 Å². The minimum Gasteiger partial charge on any atom is -0.491 e. The number of H-pyrrole nitrogens is 1. The Hall–Kier alpha value is -2.11. The van der Waals surface area contributed by atoms with Crippen molar-refractivity contribution in [1.82, 2.24) is 19.9 Å². The molecule has 14 heavy (non-hydrogen) atoms. The van der Waals surface area contributed by atoms with Gasteiger partial charge in [-0.3, -0.25) is 0 Å². The highest BCUT2D eigenvalue weighted by molar-refractivity contribution is 5.52. The molecule has 3 N–H and O–H groups in total. The van der Waals surface area contributed by atoms with Gasteiger partial charge in [-0.15, -0.1) is 0 Å². The van der Waals surface area contributed by atoms with Crippen LogP contribution in [0.3, 0.4) is 0 Å². The zero-order valence-corrected chi connectivity index (χ0v) is 7.56. The first-order valence-corrected chi connectivity index (χ1v) is 3.97. The van der Waals surface area contributed by atoms with Crippen molar-refractivity contribution in [2.75, 3.05) is 12.8 Å². The molecule has 0 saturated carbocycles. The summed E-state index contributed by atoms with van der Waals surface area (Å²) in [7, 11) is 1.52. The minimum atomic E-state index is 0.300. The maximum Gasteiger partial charge on any atom is 0.197 e. The zero-order chi connectivity index (χ0) is 9.97. The number of aromatic nitrogens is 4. The lowest BCUT2D eigenvalue weighted by Crippen LogP contribution is -1.99. The number of hydrogen-bond donors (Lipinski definition) is 2. The minimum absolute atomic E-state index is 0.300. The van der Waals surface area contributed by atoms with Crippen molar-refractivity contribution >= 4 is 5.82 Å². The lowest BCUT2D eigenvalue weighted by atomic mass is 10.5. The molecule has 0 atom stereocenters. The molecule has 0 spiro atoms. The van der Waals surface area contributed by atoms with Gasteiger partial charge in [0, 0.05) is 12.4 Å². The molecule has 0 amide bonds. The first-order chi connectivity index (χ1) is 6.81. The van der Waals surface area contributed by atoms with Gasteiger partial charge in [0.15, 0.2) is 23.2 Å². The van der Waals surface area contributed by atoms with Crippen molar-refractivity contribution in [3.8, 4) is 17.4 Å². The molecule has 0 bridgehead atoms. The Morgan fingerprint density at radius 1 is 1.43 bits per heavy atom. The number of hydrogen-bond acceptors (Lipinski definition) is 5. The number of rotatable bonds is 2. The topological polar surface area (TPSA) is 89.7 Å². The second kappa shape index (κ2) is 3.33. The summed E-state index contributed by atoms with van der Waals surface area (Å²) in [6.45, 7) is 0. The maximum atomic E-state index is 5.62. The van der Waals surface area contributed by atoms with Crippen LogP contribution in [0.2, 0.25) is 0 Å². The number of aromatic amines is 1. The molecular weight excluding hydrogens is 182 g/mol. The molecule has 0 unspecified atom stereocenters. The SMILES string of the molecule is COc1cnc(-c2ncc[nH]2)nc1N. The van der Waals surface area contributed by atoms with Gasteiger partial charge in [0.2, 0.25) is 0 Å². The summed E-state index contributed by atoms with van der Waals surface area (Å²) in [6, 6.07) is 0. The number of anilines is 1. The number of imidazole rings is 1. The summed E-state index contributed by atoms with van der Waals surface area (Å²) in [5.74, 6) is 1.79. The Morgan fingerprint density at radius 3 is 2.86 bits per heavy atom. The van der Waals surface area contributed by atoms with Crippen molar-refractivity contribution in [3.63, 3.8) is 0 Å². The van der Waals surface area contributed by atoms with Crippen LogP contribution in [0.4, 0.5) is 5.82 Å². The second-order valence-electron chi connectivity index (χ2n) is 2.59. The third kappa shape index (κ3) is 1.37. The molecule has 6 nitrogen and oxygen atoms in total. The van der Waals surface area contributed by atoms with Crippen molar-refractivity contribution in [2.45, 2.75) is 0 Å². The van der Waals surface area contributed by atoms with Crippen LogP contribution in [0.15, 0.2) is 18.6 Å². The molecule has 0 aliphatic rings. The van der Waals surface area contributed by atoms with E-state index in [0.29, 0.717) is 23.2 Å². The number of nitrogens with one attached hydrogen (secondary N) is 1. The normalized spacial score (nSPS) is 10.1. The third-order valence-electron chi connectivity index (χ3n) is 1.71. The van der Waals surface area contributed by atoms with Crippen molar-refractivity contribution in [1.29, 1.82) is 0 Å². The molecule has 0 fully saturated rings. The Labute approximate surface area is 80.2 Å². The van der Waals surface area contributed by atoms with Gasteiger partial charge in [0.1, 0.15) is 0 Å². The van der Waals surface area contributed by atoms with Gasteiger partial charge < -0.3 is 15.5 Å². The monoisotopic (exact) mass is 191 g/mol. The van der Waals surface area contributed by atoms with Gasteiger partial charge in [-0.25, -0.2) is 15.0 Å². The third-order valence-corrected chi connectivity index (χ3v) is 1.71. The van der Waals surface area contributed by atoms with Gasteiger partial charge in [0.25, 0.3) is 0 Å². The van der Waals surface area contributed by atoms with Crippen LogP contribution in [0, 0.1) is 0 Å². The van der Waals surface area contributed by atoms with Crippen LogP contribution in [0.25, 0.3) is 11.6 Å². The van der Waals surface area contributed by atoms with E-state index in [2.05, 4.69) is 19.9 Å². The van der Waals surface area contributed by atoms with Gasteiger partial charge in [0.05, 0.1) is 13.3 Å². The van der Waals surface area contributed by atoms with Crippen LogP contribution >= 0.6 is 0 Å². The van der Waals surface area contributed by atoms with Crippen LogP contribution in [-0.2, 0) is 0 Å². The second-order valence-corrected chi connectivity index (χ2v) is 2.59. The summed E-state index contributed by atoms with van der Waals surface area (Å²) < 4.78 is 4.94. The zero-order valence-electron chi connectivity index (χ0n) is 7.56. The standard InChI is InChI=1S/C8H9N5O/c1-14-5-4-12-8(13-6(5)9)7-10-2-3-11-7/h2-4H,1H3,(H,10,11)(H2,9,12,13). The van der Waals surface area contributed by atoms with E-state index in [0.717, 1.165) is 0 Å². The van der Waals surface area contributed by atoms with Gasteiger partial charge >= 0.3 is 0 Å². The van der Waals surface area contributed by atoms with E-state index in [1.54, 1.807) is 12.4 Å². The van der Waals surface area contributed by atoms with Crippen molar-refractivity contribution < 1.29 is 4.74 Å². The quantitative estimate of drug-likeness (QED) is 0.719. The van der Waals surface area contributed by atoms with E-state index in [-0.39, 0.29) is 0 Å². The Kier molecular flexibility index (Phi) is 2.02. The molecule has 2 aromatic rings. The van der Waals surface area contributed by atoms with E-state index < -0.39 is 0 Å². The fraction of sp³-hybridized carbons (Fsp3) is 0.125. The summed E-state index contributed by atoms with van der Waals surface area (Å²) in [5, 5.41) is 0. The van der Waals surface area contributed by atoms with Crippen LogP contribution in [0.5, 0.6) is 5.75 Å². The summed E-state index contributed by atoms with van der Waals surface area (Å²) >= 11 is 0. The average molecular weight is 191 g/mol. The predicted octanol–water partition coefficient (Wildman–Crippen LogP) is 0.457. The van der Waals surface area contributed by atoms with Crippen molar-refractivity contribution in [2.24, 2.45) is 0 Å². The maximum absolute atomic E-state index is 5.62. The fourth-order valence-corrected chi connectivity index (χ4v) is 1.04. The number of nitrogens with zero attached hydrogens (tertiary/aromatic N) is 3. The van der Waals surface area contributed by atoms with Crippen LogP contribution in [-0.4, -0.2) is 27.0 Å². The fourth-order valence-electron chi connectivity index (χ4n) is 1.04. The summed E-state index contributed by atoms with van der Waals surface area (Å²) in [5.41, 5.74) is 5.62. The highest BCUT2D eigenvalue weighted by atomic mass is 16.5. The smallest absolute Gasteiger partial charge is 0.197 e. The molecule has 2 heterocycles. The van der Waals surface area contributed by atoms with E-state index >= 15 is 0 Å². The largest absolute Gasteiger partial charge is 0.491 e. The molecule has 72 valence electrons. The molecule has 0 radical (unpaired) electrons. The average Bonchev–Trinajstić information content (AvgIpc) is 2.70. The molecule has 6 heteroatoms. The molecule has 0 saturated heterocycles. The van der Waals surface area contributed by atoms with Crippen LogP contribution < -0.4 is 10.5 Å². The highest BCUT2D eigenvalue weighted by Gasteiger charge is 2.07. The Morgan fingerprint density at radius 2 is 2.29 bits per heavy atom. The number of methoxy groups -OCH3 is 1. The lowest BCUT2D eigenvalue weighted by Gasteiger charge is -2.02. The molecule has 2 rings (SSSR count). The summed E-state index contributed by atoms with van der Waals surface area (Å²) in [6.07, 6.45) is 4.83. The summed E-state index contributed by atoms with van der Waals surface area (Å²) in [4.78, 5) is 15.0.